The Kier molecular flexibility index (Phi) is 3.49. The molecule has 0 unspecified atom stereocenters. The summed E-state index contributed by atoms with van der Waals surface area (Å²) >= 11 is 0. The average Bonchev–Trinajstić information content (AvgIpc) is 2.78. The van der Waals surface area contributed by atoms with Crippen LogP contribution in [0.25, 0.3) is 5.57 Å². The molecule has 0 bridgehead atoms. The summed E-state index contributed by atoms with van der Waals surface area (Å²) in [6, 6.07) is 16.0. The summed E-state index contributed by atoms with van der Waals surface area (Å²) in [5, 5.41) is 0. The Labute approximate surface area is 131 Å². The number of aryl methyl sites for hydroxylation is 1. The van der Waals surface area contributed by atoms with Crippen molar-refractivity contribution in [1.29, 1.82) is 0 Å². The fraction of sp³-hybridized carbons (Fsp3) is 0.211. The van der Waals surface area contributed by atoms with Crippen LogP contribution in [0.4, 0.5) is 11.4 Å². The SMILES string of the molecule is C/C(=C1/C(=O)N(c2cccc(C)c2)c2ccccc21)N(C)C. The Morgan fingerprint density at radius 2 is 1.77 bits per heavy atom. The third-order valence-electron chi connectivity index (χ3n) is 4.12. The third-order valence-corrected chi connectivity index (χ3v) is 4.12. The molecule has 0 fully saturated rings. The molecule has 3 rings (SSSR count). The van der Waals surface area contributed by atoms with E-state index in [2.05, 4.69) is 0 Å². The zero-order valence-corrected chi connectivity index (χ0v) is 13.4. The first kappa shape index (κ1) is 14.4. The van der Waals surface area contributed by atoms with Crippen molar-refractivity contribution in [3.8, 4) is 0 Å². The number of fused-ring (bicyclic) bond motifs is 1. The molecule has 2 aromatic rings. The summed E-state index contributed by atoms with van der Waals surface area (Å²) in [4.78, 5) is 16.9. The Balaban J connectivity index is 2.23. The number of amides is 1. The van der Waals surface area contributed by atoms with Gasteiger partial charge in [0, 0.05) is 31.0 Å². The zero-order chi connectivity index (χ0) is 15.9. The largest absolute Gasteiger partial charge is 0.381 e. The minimum atomic E-state index is 0.0398. The lowest BCUT2D eigenvalue weighted by atomic mass is 10.1. The number of carbonyl (C=O) groups excluding carboxylic acids is 1. The topological polar surface area (TPSA) is 23.6 Å². The number of anilines is 2. The summed E-state index contributed by atoms with van der Waals surface area (Å²) in [5.74, 6) is 0.0398. The van der Waals surface area contributed by atoms with Gasteiger partial charge in [-0.15, -0.1) is 0 Å². The first-order valence-corrected chi connectivity index (χ1v) is 7.39. The highest BCUT2D eigenvalue weighted by atomic mass is 16.2. The standard InChI is InChI=1S/C19H20N2O/c1-13-8-7-9-15(12-13)21-17-11-6-5-10-16(17)18(19(21)22)14(2)20(3)4/h5-12H,1-4H3/b18-14-. The number of hydrogen-bond donors (Lipinski definition) is 0. The van der Waals surface area contributed by atoms with Crippen LogP contribution in [0.1, 0.15) is 18.1 Å². The number of carbonyl (C=O) groups is 1. The van der Waals surface area contributed by atoms with E-state index in [4.69, 9.17) is 0 Å². The van der Waals surface area contributed by atoms with Gasteiger partial charge >= 0.3 is 0 Å². The van der Waals surface area contributed by atoms with E-state index in [9.17, 15) is 4.79 Å². The average molecular weight is 292 g/mol. The quantitative estimate of drug-likeness (QED) is 0.782. The van der Waals surface area contributed by atoms with E-state index in [1.54, 1.807) is 0 Å². The predicted molar refractivity (Wildman–Crippen MR) is 91.0 cm³/mol. The molecule has 1 amide bonds. The summed E-state index contributed by atoms with van der Waals surface area (Å²) in [5.41, 5.74) is 5.77. The van der Waals surface area contributed by atoms with Gasteiger partial charge in [-0.25, -0.2) is 0 Å². The van der Waals surface area contributed by atoms with Crippen LogP contribution in [0.15, 0.2) is 54.2 Å². The molecule has 0 saturated carbocycles. The summed E-state index contributed by atoms with van der Waals surface area (Å²) in [6.07, 6.45) is 0. The number of benzene rings is 2. The maximum atomic E-state index is 13.1. The molecule has 0 saturated heterocycles. The molecule has 3 nitrogen and oxygen atoms in total. The molecule has 22 heavy (non-hydrogen) atoms. The highest BCUT2D eigenvalue weighted by Gasteiger charge is 2.34. The monoisotopic (exact) mass is 292 g/mol. The van der Waals surface area contributed by atoms with Gasteiger partial charge in [0.1, 0.15) is 0 Å². The van der Waals surface area contributed by atoms with Crippen molar-refractivity contribution >= 4 is 22.9 Å². The van der Waals surface area contributed by atoms with Crippen molar-refractivity contribution in [2.45, 2.75) is 13.8 Å². The highest BCUT2D eigenvalue weighted by Crippen LogP contribution is 2.42. The molecule has 1 heterocycles. The van der Waals surface area contributed by atoms with Gasteiger partial charge in [0.15, 0.2) is 0 Å². The van der Waals surface area contributed by atoms with Crippen LogP contribution in [0, 0.1) is 6.92 Å². The maximum absolute atomic E-state index is 13.1. The van der Waals surface area contributed by atoms with Crippen molar-refractivity contribution in [3.05, 3.63) is 65.4 Å². The molecule has 3 heteroatoms. The molecule has 2 aromatic carbocycles. The Morgan fingerprint density at radius 3 is 2.45 bits per heavy atom. The minimum Gasteiger partial charge on any atom is -0.381 e. The Bertz CT molecular complexity index is 775. The van der Waals surface area contributed by atoms with Gasteiger partial charge in [0.2, 0.25) is 0 Å². The second kappa shape index (κ2) is 5.34. The number of para-hydroxylation sites is 1. The van der Waals surface area contributed by atoms with E-state index in [-0.39, 0.29) is 5.91 Å². The minimum absolute atomic E-state index is 0.0398. The van der Waals surface area contributed by atoms with Gasteiger partial charge in [-0.2, -0.15) is 0 Å². The maximum Gasteiger partial charge on any atom is 0.265 e. The van der Waals surface area contributed by atoms with Gasteiger partial charge in [0.05, 0.1) is 11.3 Å². The number of nitrogens with zero attached hydrogens (tertiary/aromatic N) is 2. The normalized spacial score (nSPS) is 15.8. The van der Waals surface area contributed by atoms with E-state index in [0.29, 0.717) is 0 Å². The molecular weight excluding hydrogens is 272 g/mol. The van der Waals surface area contributed by atoms with Crippen LogP contribution in [-0.4, -0.2) is 24.9 Å². The van der Waals surface area contributed by atoms with Crippen molar-refractivity contribution in [3.63, 3.8) is 0 Å². The lowest BCUT2D eigenvalue weighted by molar-refractivity contribution is -0.112. The van der Waals surface area contributed by atoms with E-state index < -0.39 is 0 Å². The Morgan fingerprint density at radius 1 is 1.05 bits per heavy atom. The van der Waals surface area contributed by atoms with Gasteiger partial charge in [-0.1, -0.05) is 30.3 Å². The van der Waals surface area contributed by atoms with Crippen LogP contribution in [0.2, 0.25) is 0 Å². The molecule has 0 radical (unpaired) electrons. The van der Waals surface area contributed by atoms with Crippen LogP contribution in [0.5, 0.6) is 0 Å². The van der Waals surface area contributed by atoms with Crippen LogP contribution < -0.4 is 4.90 Å². The summed E-state index contributed by atoms with van der Waals surface area (Å²) in [6.45, 7) is 4.03. The van der Waals surface area contributed by atoms with E-state index in [0.717, 1.165) is 33.8 Å². The van der Waals surface area contributed by atoms with E-state index in [1.807, 2.05) is 86.3 Å². The lowest BCUT2D eigenvalue weighted by Gasteiger charge is -2.19. The van der Waals surface area contributed by atoms with Crippen molar-refractivity contribution in [2.24, 2.45) is 0 Å². The number of rotatable bonds is 2. The molecular formula is C19H20N2O. The lowest BCUT2D eigenvalue weighted by Crippen LogP contribution is -2.22. The van der Waals surface area contributed by atoms with Crippen molar-refractivity contribution in [1.82, 2.24) is 4.90 Å². The molecule has 112 valence electrons. The van der Waals surface area contributed by atoms with Gasteiger partial charge in [-0.05, 0) is 37.6 Å². The third kappa shape index (κ3) is 2.19. The number of hydrogen-bond acceptors (Lipinski definition) is 2. The smallest absolute Gasteiger partial charge is 0.265 e. The first-order valence-electron chi connectivity index (χ1n) is 7.39. The fourth-order valence-electron chi connectivity index (χ4n) is 2.81. The second-order valence-electron chi connectivity index (χ2n) is 5.85. The fourth-order valence-corrected chi connectivity index (χ4v) is 2.81. The van der Waals surface area contributed by atoms with Crippen LogP contribution >= 0.6 is 0 Å². The first-order chi connectivity index (χ1) is 10.5. The van der Waals surface area contributed by atoms with E-state index >= 15 is 0 Å². The number of allylic oxidation sites excluding steroid dienone is 1. The molecule has 1 aliphatic heterocycles. The molecule has 1 aliphatic rings. The summed E-state index contributed by atoms with van der Waals surface area (Å²) < 4.78 is 0. The Hall–Kier alpha value is -2.55. The van der Waals surface area contributed by atoms with Crippen LogP contribution in [0.3, 0.4) is 0 Å². The zero-order valence-electron chi connectivity index (χ0n) is 13.4. The second-order valence-corrected chi connectivity index (χ2v) is 5.85. The molecule has 0 aromatic heterocycles. The predicted octanol–water partition coefficient (Wildman–Crippen LogP) is 3.97. The van der Waals surface area contributed by atoms with Crippen molar-refractivity contribution in [2.75, 3.05) is 19.0 Å². The highest BCUT2D eigenvalue weighted by molar-refractivity contribution is 6.35. The van der Waals surface area contributed by atoms with E-state index in [1.165, 1.54) is 0 Å². The molecule has 0 aliphatic carbocycles. The van der Waals surface area contributed by atoms with Gasteiger partial charge in [0.25, 0.3) is 5.91 Å². The van der Waals surface area contributed by atoms with Crippen molar-refractivity contribution < 1.29 is 4.79 Å². The van der Waals surface area contributed by atoms with Gasteiger partial charge < -0.3 is 4.90 Å². The molecule has 0 N–H and O–H groups in total. The summed E-state index contributed by atoms with van der Waals surface area (Å²) in [7, 11) is 3.93. The molecule has 0 spiro atoms. The van der Waals surface area contributed by atoms with Crippen LogP contribution in [-0.2, 0) is 4.79 Å². The van der Waals surface area contributed by atoms with Gasteiger partial charge in [-0.3, -0.25) is 9.69 Å². The molecule has 0 atom stereocenters.